The van der Waals surface area contributed by atoms with Crippen molar-refractivity contribution < 1.29 is 27.2 Å². The average Bonchev–Trinajstić information content (AvgIpc) is 3.33. The zero-order valence-electron chi connectivity index (χ0n) is 21.0. The maximum atomic E-state index is 15.0. The number of hydrogen-bond donors (Lipinski definition) is 2. The lowest BCUT2D eigenvalue weighted by Gasteiger charge is -2.37. The van der Waals surface area contributed by atoms with Crippen LogP contribution in [0.25, 0.3) is 0 Å². The molecule has 7 nitrogen and oxygen atoms in total. The van der Waals surface area contributed by atoms with Gasteiger partial charge in [0.1, 0.15) is 5.82 Å². The molecule has 2 aliphatic rings. The second-order valence-corrected chi connectivity index (χ2v) is 10.6. The van der Waals surface area contributed by atoms with E-state index in [2.05, 4.69) is 5.32 Å². The molecule has 0 radical (unpaired) electrons. The minimum absolute atomic E-state index is 0.0848. The number of nitrogens with zero attached hydrogens (tertiary/aromatic N) is 3. The number of hydrogen-bond acceptors (Lipinski definition) is 5. The lowest BCUT2D eigenvalue weighted by molar-refractivity contribution is -0.138. The van der Waals surface area contributed by atoms with E-state index >= 15 is 4.39 Å². The first kappa shape index (κ1) is 29.4. The Hall–Kier alpha value is -2.60. The summed E-state index contributed by atoms with van der Waals surface area (Å²) in [6.45, 7) is 2.53. The second kappa shape index (κ2) is 12.3. The molecule has 0 aliphatic carbocycles. The third-order valence-corrected chi connectivity index (χ3v) is 7.79. The standard InChI is InChI=1S/C26H29Cl2F4N5O2/c27-18-13-21(23(14-19(18)28)36-10-8-35(9-11-36)7-5-26(30,31)32)34-25(39)17-4-3-16(12-20(17)29)15-37-6-1-2-22(37)24(33)38/h3-4,12-14,22H,1-2,5-11,15H2,(H2,33,38)(H,34,39)/t22-/m0/s1. The highest BCUT2D eigenvalue weighted by molar-refractivity contribution is 6.42. The smallest absolute Gasteiger partial charge is 0.368 e. The molecule has 2 aromatic rings. The molecule has 39 heavy (non-hydrogen) atoms. The lowest BCUT2D eigenvalue weighted by atomic mass is 10.1. The van der Waals surface area contributed by atoms with Gasteiger partial charge in [0.2, 0.25) is 5.91 Å². The van der Waals surface area contributed by atoms with Gasteiger partial charge in [-0.1, -0.05) is 29.3 Å². The Bertz CT molecular complexity index is 1220. The number of halogens is 6. The summed E-state index contributed by atoms with van der Waals surface area (Å²) in [5.74, 6) is -1.83. The summed E-state index contributed by atoms with van der Waals surface area (Å²) in [6, 6.07) is 6.93. The highest BCUT2D eigenvalue weighted by atomic mass is 35.5. The molecule has 0 unspecified atom stereocenters. The first-order valence-corrected chi connectivity index (χ1v) is 13.3. The molecule has 212 valence electrons. The third-order valence-electron chi connectivity index (χ3n) is 7.07. The Morgan fingerprint density at radius 3 is 2.36 bits per heavy atom. The fourth-order valence-corrected chi connectivity index (χ4v) is 5.32. The number of rotatable bonds is 8. The van der Waals surface area contributed by atoms with Gasteiger partial charge in [-0.15, -0.1) is 0 Å². The number of carbonyl (C=O) groups is 2. The quantitative estimate of drug-likeness (QED) is 0.428. The van der Waals surface area contributed by atoms with Crippen molar-refractivity contribution in [2.75, 3.05) is 49.5 Å². The molecule has 2 amide bonds. The number of nitrogens with two attached hydrogens (primary N) is 1. The predicted octanol–water partition coefficient (Wildman–Crippen LogP) is 4.91. The van der Waals surface area contributed by atoms with E-state index in [-0.39, 0.29) is 22.2 Å². The monoisotopic (exact) mass is 589 g/mol. The van der Waals surface area contributed by atoms with Gasteiger partial charge in [0.05, 0.1) is 39.4 Å². The van der Waals surface area contributed by atoms with Crippen LogP contribution in [0.2, 0.25) is 10.0 Å². The predicted molar refractivity (Wildman–Crippen MR) is 143 cm³/mol. The molecule has 4 rings (SSSR count). The van der Waals surface area contributed by atoms with Crippen LogP contribution < -0.4 is 16.0 Å². The van der Waals surface area contributed by atoms with Crippen molar-refractivity contribution in [2.45, 2.75) is 38.0 Å². The summed E-state index contributed by atoms with van der Waals surface area (Å²) < 4.78 is 52.8. The molecule has 13 heteroatoms. The average molecular weight is 590 g/mol. The van der Waals surface area contributed by atoms with Gasteiger partial charge in [0.25, 0.3) is 5.91 Å². The molecule has 2 fully saturated rings. The summed E-state index contributed by atoms with van der Waals surface area (Å²) in [5, 5.41) is 3.14. The Labute approximate surface area is 233 Å². The van der Waals surface area contributed by atoms with Gasteiger partial charge in [-0.25, -0.2) is 4.39 Å². The molecule has 0 spiro atoms. The zero-order chi connectivity index (χ0) is 28.3. The minimum Gasteiger partial charge on any atom is -0.368 e. The Balaban J connectivity index is 1.45. The van der Waals surface area contributed by atoms with E-state index in [0.717, 1.165) is 6.42 Å². The number of primary amides is 1. The van der Waals surface area contributed by atoms with E-state index in [0.29, 0.717) is 62.6 Å². The highest BCUT2D eigenvalue weighted by Gasteiger charge is 2.30. The summed E-state index contributed by atoms with van der Waals surface area (Å²) in [4.78, 5) is 30.2. The van der Waals surface area contributed by atoms with Crippen molar-refractivity contribution >= 4 is 46.4 Å². The van der Waals surface area contributed by atoms with Crippen LogP contribution in [0.1, 0.15) is 35.2 Å². The fourth-order valence-electron chi connectivity index (χ4n) is 5.00. The van der Waals surface area contributed by atoms with Gasteiger partial charge in [-0.3, -0.25) is 19.4 Å². The topological polar surface area (TPSA) is 81.9 Å². The van der Waals surface area contributed by atoms with Crippen LogP contribution >= 0.6 is 23.2 Å². The number of carbonyl (C=O) groups excluding carboxylic acids is 2. The SMILES string of the molecule is NC(=O)[C@@H]1CCCN1Cc1ccc(C(=O)Nc2cc(Cl)c(Cl)cc2N2CCN(CCC(F)(F)F)CC2)c(F)c1. The maximum absolute atomic E-state index is 15.0. The first-order valence-electron chi connectivity index (χ1n) is 12.6. The number of alkyl halides is 3. The van der Waals surface area contributed by atoms with Crippen LogP contribution in [0, 0.1) is 5.82 Å². The molecule has 0 bridgehead atoms. The molecule has 2 aliphatic heterocycles. The van der Waals surface area contributed by atoms with Crippen molar-refractivity contribution in [1.29, 1.82) is 0 Å². The van der Waals surface area contributed by atoms with E-state index in [1.165, 1.54) is 18.2 Å². The van der Waals surface area contributed by atoms with Crippen LogP contribution in [0.5, 0.6) is 0 Å². The Morgan fingerprint density at radius 2 is 1.72 bits per heavy atom. The first-order chi connectivity index (χ1) is 18.4. The van der Waals surface area contributed by atoms with E-state index in [1.54, 1.807) is 17.0 Å². The number of nitrogens with one attached hydrogen (secondary N) is 1. The van der Waals surface area contributed by atoms with Crippen molar-refractivity contribution in [3.8, 4) is 0 Å². The van der Waals surface area contributed by atoms with Crippen LogP contribution in [-0.4, -0.2) is 73.1 Å². The minimum atomic E-state index is -4.22. The molecule has 2 heterocycles. The van der Waals surface area contributed by atoms with Gasteiger partial charge in [-0.2, -0.15) is 13.2 Å². The van der Waals surface area contributed by atoms with Gasteiger partial charge in [0, 0.05) is 39.3 Å². The van der Waals surface area contributed by atoms with Gasteiger partial charge < -0.3 is 16.0 Å². The van der Waals surface area contributed by atoms with E-state index in [9.17, 15) is 22.8 Å². The third kappa shape index (κ3) is 7.53. The fraction of sp³-hybridized carbons (Fsp3) is 0.462. The highest BCUT2D eigenvalue weighted by Crippen LogP contribution is 2.36. The zero-order valence-corrected chi connectivity index (χ0v) is 22.6. The van der Waals surface area contributed by atoms with Crippen molar-refractivity contribution in [2.24, 2.45) is 5.73 Å². The number of benzene rings is 2. The Morgan fingerprint density at radius 1 is 1.03 bits per heavy atom. The normalized spacial score (nSPS) is 18.9. The molecule has 2 aromatic carbocycles. The van der Waals surface area contributed by atoms with Gasteiger partial charge in [0.15, 0.2) is 0 Å². The lowest BCUT2D eigenvalue weighted by Crippen LogP contribution is -2.47. The largest absolute Gasteiger partial charge is 0.390 e. The Kier molecular flexibility index (Phi) is 9.25. The maximum Gasteiger partial charge on any atom is 0.390 e. The number of amides is 2. The van der Waals surface area contributed by atoms with E-state index < -0.39 is 36.3 Å². The summed E-state index contributed by atoms with van der Waals surface area (Å²) >= 11 is 12.4. The second-order valence-electron chi connectivity index (χ2n) is 9.78. The molecule has 1 atom stereocenters. The van der Waals surface area contributed by atoms with Crippen LogP contribution in [0.15, 0.2) is 30.3 Å². The van der Waals surface area contributed by atoms with Crippen molar-refractivity contribution in [3.63, 3.8) is 0 Å². The van der Waals surface area contributed by atoms with Crippen molar-refractivity contribution in [1.82, 2.24) is 9.80 Å². The van der Waals surface area contributed by atoms with Crippen LogP contribution in [0.3, 0.4) is 0 Å². The molecular weight excluding hydrogens is 561 g/mol. The molecular formula is C26H29Cl2F4N5O2. The molecule has 0 saturated carbocycles. The summed E-state index contributed by atoms with van der Waals surface area (Å²) in [7, 11) is 0. The summed E-state index contributed by atoms with van der Waals surface area (Å²) in [5.41, 5.74) is 6.73. The van der Waals surface area contributed by atoms with E-state index in [1.807, 2.05) is 9.80 Å². The molecule has 2 saturated heterocycles. The molecule has 3 N–H and O–H groups in total. The van der Waals surface area contributed by atoms with Crippen LogP contribution in [0.4, 0.5) is 28.9 Å². The van der Waals surface area contributed by atoms with E-state index in [4.69, 9.17) is 28.9 Å². The van der Waals surface area contributed by atoms with Gasteiger partial charge in [-0.05, 0) is 49.2 Å². The van der Waals surface area contributed by atoms with Crippen LogP contribution in [-0.2, 0) is 11.3 Å². The number of anilines is 2. The number of likely N-dealkylation sites (tertiary alicyclic amines) is 1. The number of piperazine rings is 1. The van der Waals surface area contributed by atoms with Crippen molar-refractivity contribution in [3.05, 3.63) is 57.3 Å². The van der Waals surface area contributed by atoms with Gasteiger partial charge >= 0.3 is 6.18 Å². The summed E-state index contributed by atoms with van der Waals surface area (Å²) in [6.07, 6.45) is -3.61. The molecule has 0 aromatic heterocycles.